The molecule has 0 saturated carbocycles. The molecule has 0 N–H and O–H groups in total. The maximum absolute atomic E-state index is 2.30. The van der Waals surface area contributed by atoms with Crippen LogP contribution in [0.3, 0.4) is 0 Å². The minimum absolute atomic E-state index is 0.741. The van der Waals surface area contributed by atoms with Gasteiger partial charge in [-0.1, -0.05) is 30.2 Å². The van der Waals surface area contributed by atoms with E-state index in [2.05, 4.69) is 32.9 Å². The second kappa shape index (κ2) is 2.38. The van der Waals surface area contributed by atoms with Crippen LogP contribution in [0.5, 0.6) is 0 Å². The van der Waals surface area contributed by atoms with Crippen molar-refractivity contribution in [2.45, 2.75) is 27.2 Å². The van der Waals surface area contributed by atoms with E-state index in [1.807, 2.05) is 0 Å². The Hall–Kier alpha value is -0.520. The zero-order chi connectivity index (χ0) is 6.85. The second-order valence-electron chi connectivity index (χ2n) is 2.74. The summed E-state index contributed by atoms with van der Waals surface area (Å²) in [6.45, 7) is 6.64. The van der Waals surface area contributed by atoms with Gasteiger partial charge < -0.3 is 0 Å². The first-order valence-corrected chi connectivity index (χ1v) is 3.61. The molecule has 0 aliphatic heterocycles. The van der Waals surface area contributed by atoms with Crippen LogP contribution < -0.4 is 0 Å². The zero-order valence-electron chi connectivity index (χ0n) is 6.44. The van der Waals surface area contributed by atoms with Crippen molar-refractivity contribution in [1.82, 2.24) is 0 Å². The summed E-state index contributed by atoms with van der Waals surface area (Å²) in [7, 11) is 0. The second-order valence-corrected chi connectivity index (χ2v) is 2.74. The predicted molar refractivity (Wildman–Crippen MR) is 41.3 cm³/mol. The Morgan fingerprint density at radius 3 is 2.33 bits per heavy atom. The van der Waals surface area contributed by atoms with Gasteiger partial charge in [0.2, 0.25) is 0 Å². The third-order valence-corrected chi connectivity index (χ3v) is 2.20. The molecule has 1 rings (SSSR count). The molecule has 0 aromatic carbocycles. The Morgan fingerprint density at radius 1 is 1.44 bits per heavy atom. The Labute approximate surface area is 57.3 Å². The highest BCUT2D eigenvalue weighted by atomic mass is 14.2. The molecule has 0 saturated heterocycles. The van der Waals surface area contributed by atoms with E-state index >= 15 is 0 Å². The standard InChI is InChI=1S/C9H14/c1-4-9-6-5-7(2)8(9)3/h5-6,9H,4H2,1-3H3. The highest BCUT2D eigenvalue weighted by Gasteiger charge is 2.10. The quantitative estimate of drug-likeness (QED) is 0.501. The molecule has 1 atom stereocenters. The van der Waals surface area contributed by atoms with Crippen molar-refractivity contribution in [2.75, 3.05) is 0 Å². The fraction of sp³-hybridized carbons (Fsp3) is 0.556. The van der Waals surface area contributed by atoms with Crippen LogP contribution in [-0.2, 0) is 0 Å². The van der Waals surface area contributed by atoms with Crippen LogP contribution >= 0.6 is 0 Å². The van der Waals surface area contributed by atoms with E-state index in [0.717, 1.165) is 5.92 Å². The minimum atomic E-state index is 0.741. The zero-order valence-corrected chi connectivity index (χ0v) is 6.44. The Kier molecular flexibility index (Phi) is 1.75. The van der Waals surface area contributed by atoms with Crippen molar-refractivity contribution < 1.29 is 0 Å². The maximum atomic E-state index is 2.30. The van der Waals surface area contributed by atoms with Gasteiger partial charge in [0.05, 0.1) is 0 Å². The summed E-state index contributed by atoms with van der Waals surface area (Å²) in [5.41, 5.74) is 3.01. The van der Waals surface area contributed by atoms with Gasteiger partial charge >= 0.3 is 0 Å². The van der Waals surface area contributed by atoms with Gasteiger partial charge in [0.1, 0.15) is 0 Å². The van der Waals surface area contributed by atoms with Gasteiger partial charge in [-0.05, 0) is 26.2 Å². The lowest BCUT2D eigenvalue weighted by atomic mass is 10.0. The molecule has 0 heteroatoms. The molecule has 1 unspecified atom stereocenters. The van der Waals surface area contributed by atoms with E-state index in [-0.39, 0.29) is 0 Å². The third kappa shape index (κ3) is 1.07. The van der Waals surface area contributed by atoms with Gasteiger partial charge in [0.15, 0.2) is 0 Å². The highest BCUT2D eigenvalue weighted by Crippen LogP contribution is 2.26. The molecule has 0 spiro atoms. The lowest BCUT2D eigenvalue weighted by Gasteiger charge is -2.05. The minimum Gasteiger partial charge on any atom is -0.0771 e. The van der Waals surface area contributed by atoms with Gasteiger partial charge in [0, 0.05) is 0 Å². The smallest absolute Gasteiger partial charge is 0.00197 e. The Balaban J connectivity index is 2.74. The summed E-state index contributed by atoms with van der Waals surface area (Å²) >= 11 is 0. The molecule has 50 valence electrons. The summed E-state index contributed by atoms with van der Waals surface area (Å²) < 4.78 is 0. The molecular weight excluding hydrogens is 108 g/mol. The van der Waals surface area contributed by atoms with Gasteiger partial charge in [-0.2, -0.15) is 0 Å². The van der Waals surface area contributed by atoms with E-state index in [9.17, 15) is 0 Å². The highest BCUT2D eigenvalue weighted by molar-refractivity contribution is 5.33. The molecule has 0 heterocycles. The van der Waals surface area contributed by atoms with Crippen molar-refractivity contribution in [1.29, 1.82) is 0 Å². The molecular formula is C9H14. The number of allylic oxidation sites excluding steroid dienone is 4. The predicted octanol–water partition coefficient (Wildman–Crippen LogP) is 2.92. The van der Waals surface area contributed by atoms with Gasteiger partial charge in [-0.25, -0.2) is 0 Å². The Bertz CT molecular complexity index is 161. The molecule has 0 aromatic rings. The van der Waals surface area contributed by atoms with E-state index in [1.165, 1.54) is 12.0 Å². The molecule has 0 amide bonds. The summed E-state index contributed by atoms with van der Waals surface area (Å²) in [6.07, 6.45) is 5.77. The molecule has 1 aliphatic rings. The SMILES string of the molecule is CCC1C=CC(C)=C1C. The number of rotatable bonds is 1. The first-order chi connectivity index (χ1) is 4.25. The number of hydrogen-bond donors (Lipinski definition) is 0. The first-order valence-electron chi connectivity index (χ1n) is 3.61. The monoisotopic (exact) mass is 122 g/mol. The first kappa shape index (κ1) is 6.60. The molecule has 0 bridgehead atoms. The molecule has 0 nitrogen and oxygen atoms in total. The van der Waals surface area contributed by atoms with Crippen molar-refractivity contribution in [3.8, 4) is 0 Å². The normalized spacial score (nSPS) is 25.9. The van der Waals surface area contributed by atoms with Crippen LogP contribution in [0.15, 0.2) is 23.3 Å². The summed E-state index contributed by atoms with van der Waals surface area (Å²) in [5.74, 6) is 0.741. The molecule has 0 fully saturated rings. The lowest BCUT2D eigenvalue weighted by Crippen LogP contribution is -1.91. The summed E-state index contributed by atoms with van der Waals surface area (Å²) in [5, 5.41) is 0. The van der Waals surface area contributed by atoms with Crippen LogP contribution in [0.25, 0.3) is 0 Å². The summed E-state index contributed by atoms with van der Waals surface area (Å²) in [6, 6.07) is 0. The van der Waals surface area contributed by atoms with E-state index in [1.54, 1.807) is 5.57 Å². The van der Waals surface area contributed by atoms with Crippen LogP contribution in [0.1, 0.15) is 27.2 Å². The van der Waals surface area contributed by atoms with Gasteiger partial charge in [-0.15, -0.1) is 0 Å². The fourth-order valence-corrected chi connectivity index (χ4v) is 1.27. The van der Waals surface area contributed by atoms with Crippen LogP contribution in [0.4, 0.5) is 0 Å². The summed E-state index contributed by atoms with van der Waals surface area (Å²) in [4.78, 5) is 0. The van der Waals surface area contributed by atoms with E-state index in [0.29, 0.717) is 0 Å². The van der Waals surface area contributed by atoms with E-state index in [4.69, 9.17) is 0 Å². The molecule has 9 heavy (non-hydrogen) atoms. The van der Waals surface area contributed by atoms with Crippen LogP contribution in [-0.4, -0.2) is 0 Å². The maximum Gasteiger partial charge on any atom is -0.00197 e. The van der Waals surface area contributed by atoms with Gasteiger partial charge in [-0.3, -0.25) is 0 Å². The molecule has 1 aliphatic carbocycles. The van der Waals surface area contributed by atoms with Crippen molar-refractivity contribution >= 4 is 0 Å². The van der Waals surface area contributed by atoms with Crippen molar-refractivity contribution in [3.05, 3.63) is 23.3 Å². The van der Waals surface area contributed by atoms with E-state index < -0.39 is 0 Å². The molecule has 0 radical (unpaired) electrons. The Morgan fingerprint density at radius 2 is 2.11 bits per heavy atom. The number of hydrogen-bond acceptors (Lipinski definition) is 0. The van der Waals surface area contributed by atoms with Crippen LogP contribution in [0.2, 0.25) is 0 Å². The largest absolute Gasteiger partial charge is 0.0771 e. The fourth-order valence-electron chi connectivity index (χ4n) is 1.27. The lowest BCUT2D eigenvalue weighted by molar-refractivity contribution is 0.735. The average molecular weight is 122 g/mol. The van der Waals surface area contributed by atoms with Crippen molar-refractivity contribution in [3.63, 3.8) is 0 Å². The average Bonchev–Trinajstić information content (AvgIpc) is 2.15. The van der Waals surface area contributed by atoms with Gasteiger partial charge in [0.25, 0.3) is 0 Å². The molecule has 0 aromatic heterocycles. The van der Waals surface area contributed by atoms with Crippen molar-refractivity contribution in [2.24, 2.45) is 5.92 Å². The third-order valence-electron chi connectivity index (χ3n) is 2.20. The topological polar surface area (TPSA) is 0 Å². The van der Waals surface area contributed by atoms with Crippen LogP contribution in [0, 0.1) is 5.92 Å².